The van der Waals surface area contributed by atoms with Crippen molar-refractivity contribution in [2.45, 2.75) is 24.1 Å². The molecule has 7 heteroatoms. The van der Waals surface area contributed by atoms with Crippen molar-refractivity contribution in [1.29, 1.82) is 0 Å². The van der Waals surface area contributed by atoms with E-state index in [0.29, 0.717) is 0 Å². The fourth-order valence-electron chi connectivity index (χ4n) is 1.78. The van der Waals surface area contributed by atoms with Gasteiger partial charge in [-0.25, -0.2) is 17.9 Å². The summed E-state index contributed by atoms with van der Waals surface area (Å²) in [5.74, 6) is -1.14. The van der Waals surface area contributed by atoms with Crippen LogP contribution in [0.1, 0.15) is 34.5 Å². The number of thiophene rings is 1. The van der Waals surface area contributed by atoms with Gasteiger partial charge >= 0.3 is 5.97 Å². The Bertz CT molecular complexity index is 748. The lowest BCUT2D eigenvalue weighted by molar-refractivity contribution is 0.0697. The zero-order valence-electron chi connectivity index (χ0n) is 11.5. The summed E-state index contributed by atoms with van der Waals surface area (Å²) < 4.78 is 27.0. The molecule has 0 spiro atoms. The number of benzene rings is 1. The smallest absolute Gasteiger partial charge is 0.336 e. The number of hydrogen-bond acceptors (Lipinski definition) is 4. The average Bonchev–Trinajstić information content (AvgIpc) is 2.89. The minimum absolute atomic E-state index is 0.00105. The maximum absolute atomic E-state index is 12.2. The fraction of sp³-hybridized carbons (Fsp3) is 0.214. The zero-order valence-corrected chi connectivity index (χ0v) is 13.2. The second kappa shape index (κ2) is 5.97. The van der Waals surface area contributed by atoms with Gasteiger partial charge in [-0.3, -0.25) is 0 Å². The summed E-state index contributed by atoms with van der Waals surface area (Å²) in [4.78, 5) is 10.8. The Morgan fingerprint density at radius 3 is 2.43 bits per heavy atom. The summed E-state index contributed by atoms with van der Waals surface area (Å²) in [6.45, 7) is 3.70. The van der Waals surface area contributed by atoms with Crippen molar-refractivity contribution >= 4 is 27.3 Å². The molecule has 0 saturated carbocycles. The molecule has 1 aromatic heterocycles. The van der Waals surface area contributed by atoms with Crippen LogP contribution < -0.4 is 4.72 Å². The third-order valence-corrected chi connectivity index (χ3v) is 5.98. The molecule has 21 heavy (non-hydrogen) atoms. The molecule has 1 aromatic carbocycles. The number of carbonyl (C=O) groups is 1. The SMILES string of the molecule is Cc1ccc([C@H](C)NS(=O)(=O)c2cc(C(=O)O)cs2)cc1. The molecule has 2 aromatic rings. The molecule has 0 aliphatic rings. The van der Waals surface area contributed by atoms with E-state index in [9.17, 15) is 13.2 Å². The van der Waals surface area contributed by atoms with Crippen molar-refractivity contribution in [3.05, 3.63) is 52.4 Å². The van der Waals surface area contributed by atoms with Crippen molar-refractivity contribution in [2.24, 2.45) is 0 Å². The first kappa shape index (κ1) is 15.7. The normalized spacial score (nSPS) is 13.0. The van der Waals surface area contributed by atoms with Crippen LogP contribution in [0.15, 0.2) is 39.9 Å². The molecule has 112 valence electrons. The number of hydrogen-bond donors (Lipinski definition) is 2. The number of rotatable bonds is 5. The Kier molecular flexibility index (Phi) is 4.46. The summed E-state index contributed by atoms with van der Waals surface area (Å²) in [7, 11) is -3.73. The molecule has 0 saturated heterocycles. The molecule has 5 nitrogen and oxygen atoms in total. The van der Waals surface area contributed by atoms with Crippen LogP contribution in [-0.2, 0) is 10.0 Å². The van der Waals surface area contributed by atoms with Crippen molar-refractivity contribution in [3.8, 4) is 0 Å². The quantitative estimate of drug-likeness (QED) is 0.885. The molecule has 0 unspecified atom stereocenters. The molecular weight excluding hydrogens is 310 g/mol. The van der Waals surface area contributed by atoms with Gasteiger partial charge in [-0.05, 0) is 25.5 Å². The molecule has 2 N–H and O–H groups in total. The Labute approximate surface area is 127 Å². The van der Waals surface area contributed by atoms with Gasteiger partial charge < -0.3 is 5.11 Å². The predicted octanol–water partition coefficient (Wildman–Crippen LogP) is 2.79. The van der Waals surface area contributed by atoms with E-state index in [0.717, 1.165) is 28.5 Å². The fourth-order valence-corrected chi connectivity index (χ4v) is 4.19. The summed E-state index contributed by atoms with van der Waals surface area (Å²) in [5.41, 5.74) is 1.92. The molecule has 0 amide bonds. The van der Waals surface area contributed by atoms with Crippen molar-refractivity contribution in [3.63, 3.8) is 0 Å². The van der Waals surface area contributed by atoms with Gasteiger partial charge in [-0.2, -0.15) is 0 Å². The largest absolute Gasteiger partial charge is 0.478 e. The Morgan fingerprint density at radius 1 is 1.29 bits per heavy atom. The third-order valence-electron chi connectivity index (χ3n) is 3.00. The number of aryl methyl sites for hydroxylation is 1. The third kappa shape index (κ3) is 3.69. The van der Waals surface area contributed by atoms with Gasteiger partial charge in [0, 0.05) is 11.4 Å². The van der Waals surface area contributed by atoms with Crippen LogP contribution in [0, 0.1) is 6.92 Å². The number of sulfonamides is 1. The lowest BCUT2D eigenvalue weighted by Crippen LogP contribution is -2.26. The highest BCUT2D eigenvalue weighted by atomic mass is 32.2. The Balaban J connectivity index is 2.20. The minimum Gasteiger partial charge on any atom is -0.478 e. The number of carboxylic acids is 1. The van der Waals surface area contributed by atoms with E-state index in [-0.39, 0.29) is 9.77 Å². The lowest BCUT2D eigenvalue weighted by atomic mass is 10.1. The average molecular weight is 325 g/mol. The topological polar surface area (TPSA) is 83.5 Å². The van der Waals surface area contributed by atoms with Crippen LogP contribution in [-0.4, -0.2) is 19.5 Å². The molecular formula is C14H15NO4S2. The van der Waals surface area contributed by atoms with Gasteiger partial charge in [0.2, 0.25) is 0 Å². The van der Waals surface area contributed by atoms with Crippen molar-refractivity contribution in [2.75, 3.05) is 0 Å². The highest BCUT2D eigenvalue weighted by Gasteiger charge is 2.21. The summed E-state index contributed by atoms with van der Waals surface area (Å²) in [5, 5.41) is 10.2. The summed E-state index contributed by atoms with van der Waals surface area (Å²) >= 11 is 0.893. The highest BCUT2D eigenvalue weighted by Crippen LogP contribution is 2.23. The van der Waals surface area contributed by atoms with E-state index >= 15 is 0 Å². The van der Waals surface area contributed by atoms with Crippen molar-refractivity contribution < 1.29 is 18.3 Å². The summed E-state index contributed by atoms with van der Waals surface area (Å²) in [6.07, 6.45) is 0. The Morgan fingerprint density at radius 2 is 1.90 bits per heavy atom. The van der Waals surface area contributed by atoms with E-state index in [1.807, 2.05) is 31.2 Å². The van der Waals surface area contributed by atoms with E-state index in [2.05, 4.69) is 4.72 Å². The number of nitrogens with one attached hydrogen (secondary N) is 1. The monoisotopic (exact) mass is 325 g/mol. The molecule has 1 heterocycles. The van der Waals surface area contributed by atoms with Gasteiger partial charge in [0.1, 0.15) is 4.21 Å². The number of aromatic carboxylic acids is 1. The van der Waals surface area contributed by atoms with Gasteiger partial charge in [-0.15, -0.1) is 11.3 Å². The van der Waals surface area contributed by atoms with Gasteiger partial charge in [0.25, 0.3) is 10.0 Å². The van der Waals surface area contributed by atoms with Crippen LogP contribution >= 0.6 is 11.3 Å². The predicted molar refractivity (Wildman–Crippen MR) is 81.2 cm³/mol. The van der Waals surface area contributed by atoms with E-state index < -0.39 is 22.0 Å². The van der Waals surface area contributed by atoms with Crippen LogP contribution in [0.25, 0.3) is 0 Å². The van der Waals surface area contributed by atoms with Crippen molar-refractivity contribution in [1.82, 2.24) is 4.72 Å². The molecule has 0 radical (unpaired) electrons. The van der Waals surface area contributed by atoms with E-state index in [1.165, 1.54) is 5.38 Å². The van der Waals surface area contributed by atoms with Gasteiger partial charge in [0.15, 0.2) is 0 Å². The van der Waals surface area contributed by atoms with E-state index in [1.54, 1.807) is 6.92 Å². The first-order valence-electron chi connectivity index (χ1n) is 6.20. The standard InChI is InChI=1S/C14H15NO4S2/c1-9-3-5-11(6-4-9)10(2)15-21(18,19)13-7-12(8-20-13)14(16)17/h3-8,10,15H,1-2H3,(H,16,17)/t10-/m0/s1. The van der Waals surface area contributed by atoms with Crippen LogP contribution in [0.2, 0.25) is 0 Å². The first-order valence-corrected chi connectivity index (χ1v) is 8.56. The first-order chi connectivity index (χ1) is 9.79. The molecule has 0 bridgehead atoms. The molecule has 0 aliphatic carbocycles. The maximum Gasteiger partial charge on any atom is 0.336 e. The van der Waals surface area contributed by atoms with E-state index in [4.69, 9.17) is 5.11 Å². The molecule has 1 atom stereocenters. The summed E-state index contributed by atoms with van der Waals surface area (Å²) in [6, 6.07) is 8.31. The zero-order chi connectivity index (χ0) is 15.6. The van der Waals surface area contributed by atoms with Gasteiger partial charge in [-0.1, -0.05) is 29.8 Å². The molecule has 0 aliphatic heterocycles. The Hall–Kier alpha value is -1.70. The lowest BCUT2D eigenvalue weighted by Gasteiger charge is -2.14. The van der Waals surface area contributed by atoms with Gasteiger partial charge in [0.05, 0.1) is 5.56 Å². The van der Waals surface area contributed by atoms with Crippen LogP contribution in [0.3, 0.4) is 0 Å². The minimum atomic E-state index is -3.73. The van der Waals surface area contributed by atoms with Crippen LogP contribution in [0.5, 0.6) is 0 Å². The highest BCUT2D eigenvalue weighted by molar-refractivity contribution is 7.91. The molecule has 0 fully saturated rings. The van der Waals surface area contributed by atoms with Crippen LogP contribution in [0.4, 0.5) is 0 Å². The molecule has 2 rings (SSSR count). The number of carboxylic acid groups (broad SMARTS) is 1. The second-order valence-corrected chi connectivity index (χ2v) is 7.57. The maximum atomic E-state index is 12.2. The second-order valence-electron chi connectivity index (χ2n) is 4.71.